The Bertz CT molecular complexity index is 1270. The number of piperidine rings is 1. The molecule has 41 heavy (non-hydrogen) atoms. The molecule has 3 heterocycles. The van der Waals surface area contributed by atoms with Gasteiger partial charge in [-0.15, -0.1) is 0 Å². The zero-order valence-corrected chi connectivity index (χ0v) is 25.9. The summed E-state index contributed by atoms with van der Waals surface area (Å²) in [7, 11) is 0. The molecule has 1 unspecified atom stereocenters. The van der Waals surface area contributed by atoms with Crippen molar-refractivity contribution in [2.24, 2.45) is 5.92 Å². The van der Waals surface area contributed by atoms with Crippen molar-refractivity contribution >= 4 is 39.5 Å². The van der Waals surface area contributed by atoms with Gasteiger partial charge in [-0.1, -0.05) is 25.1 Å². The third-order valence-corrected chi connectivity index (χ3v) is 8.89. The van der Waals surface area contributed by atoms with E-state index in [0.29, 0.717) is 50.7 Å². The lowest BCUT2D eigenvalue weighted by atomic mass is 9.93. The van der Waals surface area contributed by atoms with Gasteiger partial charge in [-0.25, -0.2) is 4.79 Å². The van der Waals surface area contributed by atoms with E-state index in [4.69, 9.17) is 16.3 Å². The van der Waals surface area contributed by atoms with E-state index in [1.807, 2.05) is 37.8 Å². The maximum absolute atomic E-state index is 13.3. The van der Waals surface area contributed by atoms with Crippen LogP contribution < -0.4 is 4.73 Å². The normalized spacial score (nSPS) is 20.0. The number of aromatic nitrogens is 1. The van der Waals surface area contributed by atoms with Gasteiger partial charge in [0.25, 0.3) is 5.69 Å². The van der Waals surface area contributed by atoms with Gasteiger partial charge >= 0.3 is 6.09 Å². The van der Waals surface area contributed by atoms with Crippen molar-refractivity contribution < 1.29 is 24.3 Å². The highest BCUT2D eigenvalue weighted by atomic mass is 79.9. The van der Waals surface area contributed by atoms with Gasteiger partial charge in [0.2, 0.25) is 12.1 Å². The summed E-state index contributed by atoms with van der Waals surface area (Å²) in [5.41, 5.74) is 3.82. The Hall–Kier alpha value is -2.36. The highest BCUT2D eigenvalue weighted by molar-refractivity contribution is 9.10. The molecular formula is C31H43BrClN4O4+. The van der Waals surface area contributed by atoms with E-state index in [2.05, 4.69) is 33.0 Å². The number of aryl methyl sites for hydroxylation is 2. The van der Waals surface area contributed by atoms with Crippen molar-refractivity contribution in [2.45, 2.75) is 71.9 Å². The number of hydrogen-bond acceptors (Lipinski definition) is 5. The predicted octanol–water partition coefficient (Wildman–Crippen LogP) is 5.63. The SMILES string of the molecule is C.CC(C)(C)OC(=O)N1CCC(CC(=O)N2CCN(C3c4ccc(Cl)cc4CCc4cc(Br)c[n+](O)c43)CC2)CC1. The summed E-state index contributed by atoms with van der Waals surface area (Å²) in [5.74, 6) is 0.464. The van der Waals surface area contributed by atoms with Gasteiger partial charge in [-0.2, -0.15) is 0 Å². The van der Waals surface area contributed by atoms with Crippen LogP contribution in [0.4, 0.5) is 4.79 Å². The van der Waals surface area contributed by atoms with E-state index >= 15 is 0 Å². The summed E-state index contributed by atoms with van der Waals surface area (Å²) < 4.78 is 7.60. The number of carbonyl (C=O) groups excluding carboxylic acids is 2. The summed E-state index contributed by atoms with van der Waals surface area (Å²) in [6.07, 6.45) is 5.23. The number of nitrogens with zero attached hydrogens (tertiary/aromatic N) is 4. The van der Waals surface area contributed by atoms with Crippen molar-refractivity contribution in [3.8, 4) is 0 Å². The van der Waals surface area contributed by atoms with E-state index in [0.717, 1.165) is 47.0 Å². The van der Waals surface area contributed by atoms with E-state index < -0.39 is 5.60 Å². The molecule has 1 atom stereocenters. The molecule has 5 rings (SSSR count). The second kappa shape index (κ2) is 12.9. The first-order chi connectivity index (χ1) is 19.0. The zero-order chi connectivity index (χ0) is 28.6. The average molecular weight is 651 g/mol. The highest BCUT2D eigenvalue weighted by Gasteiger charge is 2.39. The minimum Gasteiger partial charge on any atom is -0.444 e. The van der Waals surface area contributed by atoms with Crippen LogP contribution in [-0.2, 0) is 22.4 Å². The number of benzene rings is 1. The van der Waals surface area contributed by atoms with E-state index in [-0.39, 0.29) is 31.4 Å². The Kier molecular flexibility index (Phi) is 9.92. The van der Waals surface area contributed by atoms with Crippen LogP contribution >= 0.6 is 27.5 Å². The van der Waals surface area contributed by atoms with Gasteiger partial charge in [0.15, 0.2) is 0 Å². The number of likely N-dealkylation sites (tertiary alicyclic amines) is 1. The van der Waals surface area contributed by atoms with Crippen LogP contribution in [0.5, 0.6) is 0 Å². The van der Waals surface area contributed by atoms with Crippen molar-refractivity contribution in [2.75, 3.05) is 39.3 Å². The molecule has 8 nitrogen and oxygen atoms in total. The molecule has 1 aromatic carbocycles. The summed E-state index contributed by atoms with van der Waals surface area (Å²) in [5, 5.41) is 11.7. The van der Waals surface area contributed by atoms with Crippen molar-refractivity contribution in [3.63, 3.8) is 0 Å². The Balaban J connectivity index is 0.00000387. The topological polar surface area (TPSA) is 77.2 Å². The molecule has 2 amide bonds. The maximum atomic E-state index is 13.3. The van der Waals surface area contributed by atoms with Crippen LogP contribution in [-0.4, -0.2) is 76.8 Å². The molecule has 0 spiro atoms. The molecule has 2 saturated heterocycles. The molecule has 2 aromatic rings. The zero-order valence-electron chi connectivity index (χ0n) is 23.5. The standard InChI is InChI=1S/C30H39BrClN4O4.CH4/c1-30(2,3)40-29(38)35-10-8-20(9-11-35)16-26(37)33-12-14-34(15-13-33)28-25-7-6-24(32)18-21(25)4-5-22-17-23(31)19-36(39)27(22)28;/h6-7,17-20,28,39H,4-5,8-16H2,1-3H3;1H4/q+1;. The first-order valence-corrected chi connectivity index (χ1v) is 15.4. The molecular weight excluding hydrogens is 608 g/mol. The van der Waals surface area contributed by atoms with Gasteiger partial charge in [-0.3, -0.25) is 14.9 Å². The molecule has 1 aromatic heterocycles. The fourth-order valence-corrected chi connectivity index (χ4v) is 6.87. The highest BCUT2D eigenvalue weighted by Crippen LogP contribution is 2.37. The van der Waals surface area contributed by atoms with Crippen molar-refractivity contribution in [1.29, 1.82) is 0 Å². The Morgan fingerprint density at radius 2 is 1.68 bits per heavy atom. The number of halogens is 2. The summed E-state index contributed by atoms with van der Waals surface area (Å²) in [6, 6.07) is 8.02. The van der Waals surface area contributed by atoms with E-state index in [1.54, 1.807) is 11.1 Å². The Morgan fingerprint density at radius 3 is 2.34 bits per heavy atom. The molecule has 3 aliphatic rings. The molecule has 0 bridgehead atoms. The lowest BCUT2D eigenvalue weighted by molar-refractivity contribution is -0.911. The van der Waals surface area contributed by atoms with Gasteiger partial charge in [0.05, 0.1) is 4.47 Å². The van der Waals surface area contributed by atoms with E-state index in [9.17, 15) is 14.8 Å². The van der Waals surface area contributed by atoms with Crippen LogP contribution in [0.2, 0.25) is 5.02 Å². The number of fused-ring (bicyclic) bond motifs is 2. The fourth-order valence-electron chi connectivity index (χ4n) is 6.21. The second-order valence-corrected chi connectivity index (χ2v) is 13.5. The summed E-state index contributed by atoms with van der Waals surface area (Å²) >= 11 is 9.90. The van der Waals surface area contributed by atoms with Crippen molar-refractivity contribution in [3.05, 3.63) is 62.3 Å². The molecule has 10 heteroatoms. The predicted molar refractivity (Wildman–Crippen MR) is 162 cm³/mol. The number of amides is 2. The first-order valence-electron chi connectivity index (χ1n) is 14.2. The molecule has 0 radical (unpaired) electrons. The van der Waals surface area contributed by atoms with Gasteiger partial charge in [0, 0.05) is 61.0 Å². The quantitative estimate of drug-likeness (QED) is 0.344. The number of carbonyl (C=O) groups is 2. The first kappa shape index (κ1) is 31.6. The molecule has 2 aliphatic heterocycles. The lowest BCUT2D eigenvalue weighted by Crippen LogP contribution is -2.52. The Labute approximate surface area is 257 Å². The van der Waals surface area contributed by atoms with Crippen LogP contribution in [0.25, 0.3) is 0 Å². The largest absolute Gasteiger partial charge is 0.444 e. The number of pyridine rings is 1. The molecule has 2 fully saturated rings. The molecule has 224 valence electrons. The van der Waals surface area contributed by atoms with Gasteiger partial charge in [-0.05, 0) is 97.6 Å². The molecule has 1 aliphatic carbocycles. The number of ether oxygens (including phenoxy) is 1. The molecule has 1 N–H and O–H groups in total. The van der Waals surface area contributed by atoms with Gasteiger partial charge in [0.1, 0.15) is 11.6 Å². The summed E-state index contributed by atoms with van der Waals surface area (Å²) in [6.45, 7) is 9.60. The molecule has 0 saturated carbocycles. The van der Waals surface area contributed by atoms with Gasteiger partial charge < -0.3 is 14.5 Å². The second-order valence-electron chi connectivity index (χ2n) is 12.2. The number of piperazine rings is 1. The van der Waals surface area contributed by atoms with E-state index in [1.165, 1.54) is 10.3 Å². The third-order valence-electron chi connectivity index (χ3n) is 8.22. The minimum atomic E-state index is -0.506. The van der Waals surface area contributed by atoms with Crippen LogP contribution in [0, 0.1) is 5.92 Å². The lowest BCUT2D eigenvalue weighted by Gasteiger charge is -2.39. The average Bonchev–Trinajstić information content (AvgIpc) is 3.05. The number of hydrogen-bond donors (Lipinski definition) is 1. The number of rotatable bonds is 3. The van der Waals surface area contributed by atoms with Crippen molar-refractivity contribution in [1.82, 2.24) is 14.7 Å². The third kappa shape index (κ3) is 7.35. The summed E-state index contributed by atoms with van der Waals surface area (Å²) in [4.78, 5) is 31.8. The maximum Gasteiger partial charge on any atom is 0.410 e. The smallest absolute Gasteiger partial charge is 0.410 e. The van der Waals surface area contributed by atoms with Crippen LogP contribution in [0.15, 0.2) is 34.9 Å². The monoisotopic (exact) mass is 649 g/mol. The van der Waals surface area contributed by atoms with Crippen LogP contribution in [0.1, 0.15) is 75.9 Å². The Morgan fingerprint density at radius 1 is 1.02 bits per heavy atom. The van der Waals surface area contributed by atoms with Crippen LogP contribution in [0.3, 0.4) is 0 Å². The fraction of sp³-hybridized carbons (Fsp3) is 0.581. The minimum absolute atomic E-state index is 0.